The summed E-state index contributed by atoms with van der Waals surface area (Å²) in [5.74, 6) is 0.294. The molecule has 1 unspecified atom stereocenters. The Bertz CT molecular complexity index is 403. The van der Waals surface area contributed by atoms with Crippen molar-refractivity contribution in [2.45, 2.75) is 32.2 Å². The fourth-order valence-corrected chi connectivity index (χ4v) is 4.06. The van der Waals surface area contributed by atoms with E-state index >= 15 is 0 Å². The summed E-state index contributed by atoms with van der Waals surface area (Å²) in [6.45, 7) is 4.11. The number of carbonyl (C=O) groups excluding carboxylic acids is 1. The molecule has 0 radical (unpaired) electrons. The lowest BCUT2D eigenvalue weighted by atomic mass is 10.2. The quantitative estimate of drug-likeness (QED) is 0.616. The number of hydrogen-bond donors (Lipinski definition) is 1. The van der Waals surface area contributed by atoms with Crippen LogP contribution in [0.3, 0.4) is 0 Å². The van der Waals surface area contributed by atoms with Crippen molar-refractivity contribution < 1.29 is 17.9 Å². The van der Waals surface area contributed by atoms with Crippen LogP contribution in [0.15, 0.2) is 0 Å². The lowest BCUT2D eigenvalue weighted by molar-refractivity contribution is -0.132. The largest absolute Gasteiger partial charge is 0.383 e. The third-order valence-electron chi connectivity index (χ3n) is 3.48. The van der Waals surface area contributed by atoms with Crippen LogP contribution >= 0.6 is 12.4 Å². The summed E-state index contributed by atoms with van der Waals surface area (Å²) in [5, 5.41) is 3.02. The van der Waals surface area contributed by atoms with Crippen LogP contribution in [-0.2, 0) is 19.4 Å². The van der Waals surface area contributed by atoms with Gasteiger partial charge in [-0.25, -0.2) is 8.42 Å². The third-order valence-corrected chi connectivity index (χ3v) is 5.23. The molecule has 0 aromatic carbocycles. The van der Waals surface area contributed by atoms with Gasteiger partial charge in [0.05, 0.1) is 24.7 Å². The van der Waals surface area contributed by atoms with Crippen molar-refractivity contribution in [2.75, 3.05) is 44.9 Å². The molecule has 6 nitrogen and oxygen atoms in total. The zero-order valence-corrected chi connectivity index (χ0v) is 14.5. The lowest BCUT2D eigenvalue weighted by Gasteiger charge is -2.28. The van der Waals surface area contributed by atoms with Crippen molar-refractivity contribution >= 4 is 28.2 Å². The molecule has 126 valence electrons. The zero-order chi connectivity index (χ0) is 15.0. The van der Waals surface area contributed by atoms with Gasteiger partial charge in [0.2, 0.25) is 5.91 Å². The van der Waals surface area contributed by atoms with Gasteiger partial charge in [0.15, 0.2) is 9.84 Å². The van der Waals surface area contributed by atoms with E-state index in [9.17, 15) is 13.2 Å². The molecule has 1 aliphatic heterocycles. The maximum absolute atomic E-state index is 12.2. The molecule has 1 amide bonds. The molecule has 1 fully saturated rings. The number of ether oxygens (including phenoxy) is 1. The number of halogens is 1. The van der Waals surface area contributed by atoms with E-state index in [-0.39, 0.29) is 42.4 Å². The third kappa shape index (κ3) is 7.44. The molecule has 1 atom stereocenters. The Morgan fingerprint density at radius 2 is 2.14 bits per heavy atom. The Labute approximate surface area is 133 Å². The fourth-order valence-electron chi connectivity index (χ4n) is 2.33. The maximum Gasteiger partial charge on any atom is 0.236 e. The monoisotopic (exact) mass is 342 g/mol. The van der Waals surface area contributed by atoms with E-state index in [2.05, 4.69) is 12.2 Å². The minimum Gasteiger partial charge on any atom is -0.383 e. The van der Waals surface area contributed by atoms with E-state index in [1.54, 1.807) is 12.0 Å². The predicted octanol–water partition coefficient (Wildman–Crippen LogP) is 0.460. The Balaban J connectivity index is 0.00000400. The van der Waals surface area contributed by atoms with Crippen LogP contribution in [0.5, 0.6) is 0 Å². The van der Waals surface area contributed by atoms with Crippen LogP contribution < -0.4 is 5.32 Å². The Kier molecular flexibility index (Phi) is 10.2. The summed E-state index contributed by atoms with van der Waals surface area (Å²) in [5.41, 5.74) is 0. The molecule has 0 aliphatic carbocycles. The molecule has 1 heterocycles. The van der Waals surface area contributed by atoms with Crippen molar-refractivity contribution in [1.82, 2.24) is 10.2 Å². The molecule has 1 rings (SSSR count). The lowest BCUT2D eigenvalue weighted by Crippen LogP contribution is -2.46. The topological polar surface area (TPSA) is 75.7 Å². The first-order valence-corrected chi connectivity index (χ1v) is 9.02. The number of nitrogens with one attached hydrogen (secondary N) is 1. The van der Waals surface area contributed by atoms with E-state index < -0.39 is 9.84 Å². The van der Waals surface area contributed by atoms with Gasteiger partial charge in [0.1, 0.15) is 0 Å². The molecular weight excluding hydrogens is 316 g/mol. The highest BCUT2D eigenvalue weighted by Crippen LogP contribution is 2.18. The number of hydrogen-bond acceptors (Lipinski definition) is 5. The number of amides is 1. The first-order chi connectivity index (χ1) is 9.50. The van der Waals surface area contributed by atoms with Crippen LogP contribution in [0.4, 0.5) is 0 Å². The summed E-state index contributed by atoms with van der Waals surface area (Å²) in [7, 11) is -1.35. The van der Waals surface area contributed by atoms with E-state index in [1.807, 2.05) is 0 Å². The molecule has 0 spiro atoms. The van der Waals surface area contributed by atoms with Gasteiger partial charge in [0, 0.05) is 26.2 Å². The minimum absolute atomic E-state index is 0. The molecule has 0 saturated carbocycles. The van der Waals surface area contributed by atoms with Crippen molar-refractivity contribution in [3.8, 4) is 0 Å². The van der Waals surface area contributed by atoms with E-state index in [1.165, 1.54) is 0 Å². The van der Waals surface area contributed by atoms with Gasteiger partial charge in [-0.05, 0) is 12.8 Å². The molecule has 1 aliphatic rings. The molecule has 1 N–H and O–H groups in total. The van der Waals surface area contributed by atoms with Gasteiger partial charge >= 0.3 is 0 Å². The van der Waals surface area contributed by atoms with Gasteiger partial charge in [-0.3, -0.25) is 4.79 Å². The van der Waals surface area contributed by atoms with Gasteiger partial charge in [-0.15, -0.1) is 12.4 Å². The Morgan fingerprint density at radius 3 is 2.67 bits per heavy atom. The first kappa shape index (κ1) is 20.6. The SMILES string of the molecule is CCCCN(C(=O)CNCCOC)C1CCS(=O)(=O)C1.Cl. The van der Waals surface area contributed by atoms with E-state index in [4.69, 9.17) is 4.74 Å². The molecule has 0 bridgehead atoms. The first-order valence-electron chi connectivity index (χ1n) is 7.19. The second kappa shape index (κ2) is 10.4. The number of unbranched alkanes of at least 4 members (excludes halogenated alkanes) is 1. The van der Waals surface area contributed by atoms with Crippen molar-refractivity contribution in [1.29, 1.82) is 0 Å². The summed E-state index contributed by atoms with van der Waals surface area (Å²) in [6.07, 6.45) is 2.45. The van der Waals surface area contributed by atoms with Crippen molar-refractivity contribution in [2.24, 2.45) is 0 Å². The average molecular weight is 343 g/mol. The second-order valence-electron chi connectivity index (χ2n) is 5.17. The van der Waals surface area contributed by atoms with Gasteiger partial charge in [-0.1, -0.05) is 13.3 Å². The summed E-state index contributed by atoms with van der Waals surface area (Å²) >= 11 is 0. The standard InChI is InChI=1S/C13H26N2O4S.ClH/c1-3-4-7-15(12-5-9-20(17,18)11-12)13(16)10-14-6-8-19-2;/h12,14H,3-11H2,1-2H3;1H. The molecule has 1 saturated heterocycles. The van der Waals surface area contributed by atoms with Crippen molar-refractivity contribution in [3.63, 3.8) is 0 Å². The fraction of sp³-hybridized carbons (Fsp3) is 0.923. The van der Waals surface area contributed by atoms with E-state index in [0.29, 0.717) is 26.1 Å². The number of carbonyl (C=O) groups is 1. The normalized spacial score (nSPS) is 20.0. The number of nitrogens with zero attached hydrogens (tertiary/aromatic N) is 1. The van der Waals surface area contributed by atoms with Gasteiger partial charge < -0.3 is 15.0 Å². The van der Waals surface area contributed by atoms with Crippen LogP contribution in [0.2, 0.25) is 0 Å². The molecule has 21 heavy (non-hydrogen) atoms. The summed E-state index contributed by atoms with van der Waals surface area (Å²) in [6, 6.07) is -0.150. The maximum atomic E-state index is 12.2. The Morgan fingerprint density at radius 1 is 1.43 bits per heavy atom. The van der Waals surface area contributed by atoms with Crippen LogP contribution in [0.1, 0.15) is 26.2 Å². The van der Waals surface area contributed by atoms with Crippen LogP contribution in [-0.4, -0.2) is 70.1 Å². The van der Waals surface area contributed by atoms with Gasteiger partial charge in [-0.2, -0.15) is 0 Å². The summed E-state index contributed by atoms with van der Waals surface area (Å²) < 4.78 is 28.1. The van der Waals surface area contributed by atoms with Crippen molar-refractivity contribution in [3.05, 3.63) is 0 Å². The van der Waals surface area contributed by atoms with Crippen LogP contribution in [0.25, 0.3) is 0 Å². The predicted molar refractivity (Wildman–Crippen MR) is 85.7 cm³/mol. The van der Waals surface area contributed by atoms with E-state index in [0.717, 1.165) is 12.8 Å². The molecular formula is C13H27ClN2O4S. The molecule has 0 aromatic heterocycles. The summed E-state index contributed by atoms with van der Waals surface area (Å²) in [4.78, 5) is 14.0. The highest BCUT2D eigenvalue weighted by Gasteiger charge is 2.33. The Hall–Kier alpha value is -0.370. The highest BCUT2D eigenvalue weighted by atomic mass is 35.5. The number of rotatable bonds is 9. The second-order valence-corrected chi connectivity index (χ2v) is 7.40. The van der Waals surface area contributed by atoms with Gasteiger partial charge in [0.25, 0.3) is 0 Å². The average Bonchev–Trinajstić information content (AvgIpc) is 2.75. The minimum atomic E-state index is -2.96. The number of sulfone groups is 1. The molecule has 0 aromatic rings. The highest BCUT2D eigenvalue weighted by molar-refractivity contribution is 7.91. The molecule has 8 heteroatoms. The zero-order valence-electron chi connectivity index (χ0n) is 12.8. The van der Waals surface area contributed by atoms with Crippen LogP contribution in [0, 0.1) is 0 Å². The number of methoxy groups -OCH3 is 1. The smallest absolute Gasteiger partial charge is 0.236 e.